The quantitative estimate of drug-likeness (QED) is 0.459. The molecule has 0 aliphatic carbocycles. The third-order valence-electron chi connectivity index (χ3n) is 5.53. The van der Waals surface area contributed by atoms with Crippen molar-refractivity contribution in [1.82, 2.24) is 14.1 Å². The minimum absolute atomic E-state index is 0.0907. The van der Waals surface area contributed by atoms with Crippen molar-refractivity contribution >= 4 is 21.9 Å². The van der Waals surface area contributed by atoms with Crippen molar-refractivity contribution in [3.63, 3.8) is 0 Å². The number of methoxy groups -OCH3 is 3. The van der Waals surface area contributed by atoms with E-state index >= 15 is 0 Å². The summed E-state index contributed by atoms with van der Waals surface area (Å²) in [5.41, 5.74) is 0. The maximum Gasteiger partial charge on any atom is 0.309 e. The Hall–Kier alpha value is -2.37. The van der Waals surface area contributed by atoms with Crippen LogP contribution in [0.5, 0.6) is 11.5 Å². The molecule has 0 spiro atoms. The molecule has 1 saturated heterocycles. The Bertz CT molecular complexity index is 899. The van der Waals surface area contributed by atoms with E-state index in [-0.39, 0.29) is 42.3 Å². The lowest BCUT2D eigenvalue weighted by Gasteiger charge is -2.35. The molecule has 0 aromatic heterocycles. The second-order valence-corrected chi connectivity index (χ2v) is 9.49. The molecule has 1 atom stereocenters. The molecule has 0 bridgehead atoms. The number of nitrogens with zero attached hydrogens (tertiary/aromatic N) is 3. The van der Waals surface area contributed by atoms with Gasteiger partial charge in [0.25, 0.3) is 0 Å². The van der Waals surface area contributed by atoms with Gasteiger partial charge in [-0.15, -0.1) is 0 Å². The average molecular weight is 472 g/mol. The number of carbonyl (C=O) groups is 2. The highest BCUT2D eigenvalue weighted by Gasteiger charge is 2.31. The molecular weight excluding hydrogens is 438 g/mol. The van der Waals surface area contributed by atoms with Gasteiger partial charge in [0.05, 0.1) is 38.7 Å². The molecule has 1 aromatic carbocycles. The van der Waals surface area contributed by atoms with Crippen molar-refractivity contribution in [1.29, 1.82) is 0 Å². The van der Waals surface area contributed by atoms with Gasteiger partial charge in [0.2, 0.25) is 15.9 Å². The predicted molar refractivity (Wildman–Crippen MR) is 118 cm³/mol. The molecule has 32 heavy (non-hydrogen) atoms. The molecule has 1 fully saturated rings. The number of ether oxygens (including phenoxy) is 3. The lowest BCUT2D eigenvalue weighted by Crippen LogP contribution is -2.52. The first-order valence-electron chi connectivity index (χ1n) is 10.5. The molecule has 1 aromatic rings. The van der Waals surface area contributed by atoms with Gasteiger partial charge in [-0.2, -0.15) is 4.31 Å². The van der Waals surface area contributed by atoms with Gasteiger partial charge in [0.15, 0.2) is 11.5 Å². The number of esters is 1. The fraction of sp³-hybridized carbons (Fsp3) is 0.619. The van der Waals surface area contributed by atoms with E-state index in [1.165, 1.54) is 37.8 Å². The Kier molecular flexibility index (Phi) is 9.29. The number of hydrogen-bond donors (Lipinski definition) is 0. The monoisotopic (exact) mass is 471 g/mol. The summed E-state index contributed by atoms with van der Waals surface area (Å²) in [6.45, 7) is 5.89. The van der Waals surface area contributed by atoms with Crippen LogP contribution in [0.25, 0.3) is 0 Å². The summed E-state index contributed by atoms with van der Waals surface area (Å²) in [5, 5.41) is 0. The number of sulfonamides is 1. The summed E-state index contributed by atoms with van der Waals surface area (Å²) < 4.78 is 42.6. The molecule has 0 saturated carbocycles. The van der Waals surface area contributed by atoms with Crippen molar-refractivity contribution < 1.29 is 32.2 Å². The normalized spacial score (nSPS) is 16.0. The lowest BCUT2D eigenvalue weighted by atomic mass is 10.1. The maximum absolute atomic E-state index is 13.0. The SMILES string of the molecule is CCN(CC(=O)N1CCN(S(=O)(=O)c2ccc(OC)c(OC)c2)CC1)CC(C)C(=O)OC. The summed E-state index contributed by atoms with van der Waals surface area (Å²) in [7, 11) is 0.549. The molecule has 1 aliphatic heterocycles. The molecule has 180 valence electrons. The molecule has 1 heterocycles. The zero-order valence-electron chi connectivity index (χ0n) is 19.4. The minimum Gasteiger partial charge on any atom is -0.493 e. The van der Waals surface area contributed by atoms with E-state index in [4.69, 9.17) is 14.2 Å². The average Bonchev–Trinajstić information content (AvgIpc) is 2.82. The second-order valence-electron chi connectivity index (χ2n) is 7.55. The molecule has 1 unspecified atom stereocenters. The van der Waals surface area contributed by atoms with Crippen LogP contribution in [-0.4, -0.2) is 102 Å². The van der Waals surface area contributed by atoms with Crippen molar-refractivity contribution in [3.8, 4) is 11.5 Å². The van der Waals surface area contributed by atoms with Crippen molar-refractivity contribution in [3.05, 3.63) is 18.2 Å². The fourth-order valence-electron chi connectivity index (χ4n) is 3.56. The van der Waals surface area contributed by atoms with Crippen LogP contribution in [-0.2, 0) is 24.3 Å². The van der Waals surface area contributed by atoms with Gasteiger partial charge in [-0.05, 0) is 18.7 Å². The standard InChI is InChI=1S/C21H33N3O7S/c1-6-22(14-16(2)21(26)31-5)15-20(25)23-9-11-24(12-10-23)32(27,28)17-7-8-18(29-3)19(13-17)30-4/h7-8,13,16H,6,9-12,14-15H2,1-5H3. The first-order chi connectivity index (χ1) is 15.2. The van der Waals surface area contributed by atoms with E-state index < -0.39 is 10.0 Å². The number of benzene rings is 1. The summed E-state index contributed by atoms with van der Waals surface area (Å²) in [5.74, 6) is 0.0419. The number of hydrogen-bond acceptors (Lipinski definition) is 8. The van der Waals surface area contributed by atoms with Gasteiger partial charge < -0.3 is 19.1 Å². The Morgan fingerprint density at radius 2 is 1.69 bits per heavy atom. The van der Waals surface area contributed by atoms with Crippen LogP contribution in [0.4, 0.5) is 0 Å². The van der Waals surface area contributed by atoms with E-state index in [0.29, 0.717) is 37.7 Å². The Balaban J connectivity index is 1.98. The molecule has 11 heteroatoms. The van der Waals surface area contributed by atoms with Crippen molar-refractivity contribution in [2.45, 2.75) is 18.7 Å². The van der Waals surface area contributed by atoms with Crippen molar-refractivity contribution in [2.24, 2.45) is 5.92 Å². The largest absolute Gasteiger partial charge is 0.493 e. The van der Waals surface area contributed by atoms with E-state index in [9.17, 15) is 18.0 Å². The predicted octanol–water partition coefficient (Wildman–Crippen LogP) is 0.668. The summed E-state index contributed by atoms with van der Waals surface area (Å²) in [4.78, 5) is 28.0. The number of likely N-dealkylation sites (N-methyl/N-ethyl adjacent to an activating group) is 1. The van der Waals surface area contributed by atoms with Gasteiger partial charge in [0.1, 0.15) is 0 Å². The van der Waals surface area contributed by atoms with Gasteiger partial charge in [-0.3, -0.25) is 14.5 Å². The molecule has 1 amide bonds. The second kappa shape index (κ2) is 11.5. The highest BCUT2D eigenvalue weighted by atomic mass is 32.2. The highest BCUT2D eigenvalue weighted by molar-refractivity contribution is 7.89. The zero-order valence-corrected chi connectivity index (χ0v) is 20.2. The Labute approximate surface area is 190 Å². The van der Waals surface area contributed by atoms with Gasteiger partial charge in [-0.1, -0.05) is 13.8 Å². The van der Waals surface area contributed by atoms with Crippen LogP contribution in [0, 0.1) is 5.92 Å². The first kappa shape index (κ1) is 25.9. The highest BCUT2D eigenvalue weighted by Crippen LogP contribution is 2.30. The van der Waals surface area contributed by atoms with E-state index in [1.807, 2.05) is 11.8 Å². The van der Waals surface area contributed by atoms with Gasteiger partial charge >= 0.3 is 5.97 Å². The molecule has 1 aliphatic rings. The third kappa shape index (κ3) is 6.11. The Morgan fingerprint density at radius 3 is 2.22 bits per heavy atom. The van der Waals surface area contributed by atoms with Crippen LogP contribution in [0.1, 0.15) is 13.8 Å². The molecule has 0 N–H and O–H groups in total. The number of carbonyl (C=O) groups excluding carboxylic acids is 2. The molecule has 10 nitrogen and oxygen atoms in total. The van der Waals surface area contributed by atoms with E-state index in [2.05, 4.69) is 0 Å². The topological polar surface area (TPSA) is 106 Å². The fourth-order valence-corrected chi connectivity index (χ4v) is 5.00. The van der Waals surface area contributed by atoms with Crippen LogP contribution in [0.15, 0.2) is 23.1 Å². The number of amides is 1. The van der Waals surface area contributed by atoms with Crippen LogP contribution < -0.4 is 9.47 Å². The van der Waals surface area contributed by atoms with Crippen LogP contribution in [0.2, 0.25) is 0 Å². The van der Waals surface area contributed by atoms with E-state index in [1.54, 1.807) is 17.9 Å². The third-order valence-corrected chi connectivity index (χ3v) is 7.42. The molecule has 2 rings (SSSR count). The van der Waals surface area contributed by atoms with Gasteiger partial charge in [0, 0.05) is 38.8 Å². The van der Waals surface area contributed by atoms with Crippen molar-refractivity contribution in [2.75, 3.05) is 67.1 Å². The molecule has 0 radical (unpaired) electrons. The maximum atomic E-state index is 13.0. The lowest BCUT2D eigenvalue weighted by molar-refractivity contribution is -0.146. The van der Waals surface area contributed by atoms with E-state index in [0.717, 1.165) is 0 Å². The van der Waals surface area contributed by atoms with Crippen LogP contribution in [0.3, 0.4) is 0 Å². The smallest absolute Gasteiger partial charge is 0.309 e. The van der Waals surface area contributed by atoms with Crippen LogP contribution >= 0.6 is 0 Å². The zero-order chi connectivity index (χ0) is 23.9. The summed E-state index contributed by atoms with van der Waals surface area (Å²) in [6.07, 6.45) is 0. The Morgan fingerprint density at radius 1 is 1.06 bits per heavy atom. The summed E-state index contributed by atoms with van der Waals surface area (Å²) in [6, 6.07) is 4.48. The van der Waals surface area contributed by atoms with Gasteiger partial charge in [-0.25, -0.2) is 8.42 Å². The molecular formula is C21H33N3O7S. The number of piperazine rings is 1. The first-order valence-corrected chi connectivity index (χ1v) is 11.9. The summed E-state index contributed by atoms with van der Waals surface area (Å²) >= 11 is 0. The minimum atomic E-state index is -3.73. The number of rotatable bonds is 10.